The zero-order valence-electron chi connectivity index (χ0n) is 14.9. The van der Waals surface area contributed by atoms with Gasteiger partial charge in [-0.25, -0.2) is 0 Å². The molecule has 0 aliphatic rings. The number of amides is 1. The van der Waals surface area contributed by atoms with Gasteiger partial charge in [-0.15, -0.1) is 11.3 Å². The number of carbonyl (C=O) groups excluding carboxylic acids is 1. The minimum absolute atomic E-state index is 0.0178. The fourth-order valence-electron chi connectivity index (χ4n) is 2.73. The standard InChI is InChI=1S/C19H16ClN3O3S/c1-11-4-6-13(7-5-11)17-12(2)27-19(22(17)3)21-18(24)14-8-9-15(20)16(10-14)23(25)26/h4-10H,1-3H3. The van der Waals surface area contributed by atoms with E-state index in [1.807, 2.05) is 49.7 Å². The molecule has 27 heavy (non-hydrogen) atoms. The molecule has 138 valence electrons. The van der Waals surface area contributed by atoms with Crippen LogP contribution in [0.5, 0.6) is 0 Å². The molecule has 6 nitrogen and oxygen atoms in total. The van der Waals surface area contributed by atoms with Gasteiger partial charge in [-0.3, -0.25) is 14.9 Å². The van der Waals surface area contributed by atoms with E-state index in [4.69, 9.17) is 11.6 Å². The summed E-state index contributed by atoms with van der Waals surface area (Å²) in [6.45, 7) is 3.99. The second-order valence-corrected chi connectivity index (χ2v) is 7.64. The molecule has 0 aliphatic carbocycles. The maximum Gasteiger partial charge on any atom is 0.288 e. The van der Waals surface area contributed by atoms with Gasteiger partial charge in [0.25, 0.3) is 11.6 Å². The first kappa shape index (κ1) is 19.0. The smallest absolute Gasteiger partial charge is 0.288 e. The average molecular weight is 402 g/mol. The molecule has 0 fully saturated rings. The highest BCUT2D eigenvalue weighted by Gasteiger charge is 2.17. The third-order valence-electron chi connectivity index (χ3n) is 4.11. The van der Waals surface area contributed by atoms with Crippen molar-refractivity contribution in [3.05, 3.63) is 78.4 Å². The van der Waals surface area contributed by atoms with Crippen LogP contribution in [0.15, 0.2) is 47.5 Å². The van der Waals surface area contributed by atoms with Gasteiger partial charge >= 0.3 is 0 Å². The van der Waals surface area contributed by atoms with E-state index in [0.29, 0.717) is 4.80 Å². The number of hydrogen-bond acceptors (Lipinski definition) is 4. The van der Waals surface area contributed by atoms with Crippen LogP contribution < -0.4 is 4.80 Å². The van der Waals surface area contributed by atoms with Crippen LogP contribution in [0.25, 0.3) is 11.3 Å². The molecule has 0 saturated carbocycles. The van der Waals surface area contributed by atoms with E-state index in [-0.39, 0.29) is 16.3 Å². The number of rotatable bonds is 3. The Hall–Kier alpha value is -2.77. The van der Waals surface area contributed by atoms with Crippen LogP contribution in [0.3, 0.4) is 0 Å². The van der Waals surface area contributed by atoms with E-state index in [1.54, 1.807) is 0 Å². The number of thiazole rings is 1. The molecular formula is C19H16ClN3O3S. The number of aryl methyl sites for hydroxylation is 2. The van der Waals surface area contributed by atoms with E-state index in [9.17, 15) is 14.9 Å². The molecule has 0 bridgehead atoms. The normalized spacial score (nSPS) is 11.6. The predicted octanol–water partition coefficient (Wildman–Crippen LogP) is 4.67. The molecule has 3 aromatic rings. The fourth-order valence-corrected chi connectivity index (χ4v) is 3.90. The summed E-state index contributed by atoms with van der Waals surface area (Å²) in [6, 6.07) is 12.0. The van der Waals surface area contributed by atoms with Crippen molar-refractivity contribution in [2.24, 2.45) is 12.0 Å². The van der Waals surface area contributed by atoms with Gasteiger partial charge in [0.05, 0.1) is 10.6 Å². The number of hydrogen-bond donors (Lipinski definition) is 0. The quantitative estimate of drug-likeness (QED) is 0.472. The predicted molar refractivity (Wildman–Crippen MR) is 106 cm³/mol. The second kappa shape index (κ2) is 7.46. The van der Waals surface area contributed by atoms with Crippen molar-refractivity contribution >= 4 is 34.5 Å². The maximum atomic E-state index is 12.5. The Morgan fingerprint density at radius 1 is 1.19 bits per heavy atom. The highest BCUT2D eigenvalue weighted by atomic mass is 35.5. The average Bonchev–Trinajstić information content (AvgIpc) is 2.89. The summed E-state index contributed by atoms with van der Waals surface area (Å²) in [7, 11) is 1.84. The topological polar surface area (TPSA) is 77.5 Å². The number of nitrogens with zero attached hydrogens (tertiary/aromatic N) is 3. The van der Waals surface area contributed by atoms with Crippen molar-refractivity contribution in [1.29, 1.82) is 0 Å². The Morgan fingerprint density at radius 3 is 2.48 bits per heavy atom. The molecule has 1 aromatic heterocycles. The van der Waals surface area contributed by atoms with Gasteiger partial charge < -0.3 is 4.57 Å². The van der Waals surface area contributed by atoms with Crippen molar-refractivity contribution in [1.82, 2.24) is 4.57 Å². The van der Waals surface area contributed by atoms with Gasteiger partial charge in [0.15, 0.2) is 4.80 Å². The first-order chi connectivity index (χ1) is 12.8. The van der Waals surface area contributed by atoms with Gasteiger partial charge in [-0.05, 0) is 31.5 Å². The Kier molecular flexibility index (Phi) is 5.25. The highest BCUT2D eigenvalue weighted by Crippen LogP contribution is 2.26. The van der Waals surface area contributed by atoms with Crippen LogP contribution in [0.2, 0.25) is 5.02 Å². The number of nitro benzene ring substituents is 1. The lowest BCUT2D eigenvalue weighted by Gasteiger charge is -2.05. The molecular weight excluding hydrogens is 386 g/mol. The third-order valence-corrected chi connectivity index (χ3v) is 5.48. The van der Waals surface area contributed by atoms with Crippen LogP contribution in [-0.4, -0.2) is 15.4 Å². The molecule has 3 rings (SSSR count). The van der Waals surface area contributed by atoms with Gasteiger partial charge in [0, 0.05) is 23.6 Å². The monoisotopic (exact) mass is 401 g/mol. The Morgan fingerprint density at radius 2 is 1.85 bits per heavy atom. The summed E-state index contributed by atoms with van der Waals surface area (Å²) in [5.74, 6) is -0.554. The first-order valence-electron chi connectivity index (χ1n) is 8.04. The minimum Gasteiger partial charge on any atom is -0.319 e. The third kappa shape index (κ3) is 3.84. The van der Waals surface area contributed by atoms with E-state index in [1.165, 1.54) is 29.0 Å². The summed E-state index contributed by atoms with van der Waals surface area (Å²) in [6.07, 6.45) is 0. The molecule has 8 heteroatoms. The van der Waals surface area contributed by atoms with E-state index < -0.39 is 10.8 Å². The number of halogens is 1. The highest BCUT2D eigenvalue weighted by molar-refractivity contribution is 7.09. The van der Waals surface area contributed by atoms with Crippen molar-refractivity contribution < 1.29 is 9.72 Å². The molecule has 1 amide bonds. The molecule has 0 unspecified atom stereocenters. The van der Waals surface area contributed by atoms with Gasteiger partial charge in [-0.1, -0.05) is 41.4 Å². The summed E-state index contributed by atoms with van der Waals surface area (Å²) in [5, 5.41) is 11.0. The van der Waals surface area contributed by atoms with Crippen LogP contribution in [-0.2, 0) is 7.05 Å². The number of benzene rings is 2. The second-order valence-electron chi connectivity index (χ2n) is 6.05. The summed E-state index contributed by atoms with van der Waals surface area (Å²) in [5.41, 5.74) is 2.99. The van der Waals surface area contributed by atoms with Crippen LogP contribution in [0.1, 0.15) is 20.8 Å². The Balaban J connectivity index is 2.04. The van der Waals surface area contributed by atoms with Crippen LogP contribution >= 0.6 is 22.9 Å². The molecule has 0 radical (unpaired) electrons. The van der Waals surface area contributed by atoms with E-state index in [2.05, 4.69) is 4.99 Å². The van der Waals surface area contributed by atoms with Gasteiger partial charge in [-0.2, -0.15) is 4.99 Å². The molecule has 1 heterocycles. The van der Waals surface area contributed by atoms with Gasteiger partial charge in [0.2, 0.25) is 0 Å². The lowest BCUT2D eigenvalue weighted by Crippen LogP contribution is -2.14. The molecule has 0 saturated heterocycles. The summed E-state index contributed by atoms with van der Waals surface area (Å²) >= 11 is 7.19. The number of carbonyl (C=O) groups is 1. The first-order valence-corrected chi connectivity index (χ1v) is 9.24. The lowest BCUT2D eigenvalue weighted by atomic mass is 10.1. The SMILES string of the molecule is Cc1ccc(-c2c(C)sc(=NC(=O)c3ccc(Cl)c([N+](=O)[O-])c3)n2C)cc1. The van der Waals surface area contributed by atoms with E-state index in [0.717, 1.165) is 22.2 Å². The molecule has 0 aliphatic heterocycles. The number of aromatic nitrogens is 1. The van der Waals surface area contributed by atoms with Crippen LogP contribution in [0, 0.1) is 24.0 Å². The summed E-state index contributed by atoms with van der Waals surface area (Å²) < 4.78 is 1.85. The van der Waals surface area contributed by atoms with Crippen LogP contribution in [0.4, 0.5) is 5.69 Å². The molecule has 0 atom stereocenters. The number of nitro groups is 1. The molecule has 2 aromatic carbocycles. The Labute approximate surface area is 164 Å². The van der Waals surface area contributed by atoms with E-state index >= 15 is 0 Å². The van der Waals surface area contributed by atoms with Crippen molar-refractivity contribution in [2.75, 3.05) is 0 Å². The van der Waals surface area contributed by atoms with Crippen molar-refractivity contribution in [3.63, 3.8) is 0 Å². The maximum absolute atomic E-state index is 12.5. The fraction of sp³-hybridized carbons (Fsp3) is 0.158. The molecule has 0 N–H and O–H groups in total. The lowest BCUT2D eigenvalue weighted by molar-refractivity contribution is -0.384. The summed E-state index contributed by atoms with van der Waals surface area (Å²) in [4.78, 5) is 28.6. The zero-order valence-corrected chi connectivity index (χ0v) is 16.5. The molecule has 0 spiro atoms. The minimum atomic E-state index is -0.621. The van der Waals surface area contributed by atoms with Crippen molar-refractivity contribution in [2.45, 2.75) is 13.8 Å². The largest absolute Gasteiger partial charge is 0.319 e. The Bertz CT molecular complexity index is 1110. The van der Waals surface area contributed by atoms with Crippen molar-refractivity contribution in [3.8, 4) is 11.3 Å². The zero-order chi connectivity index (χ0) is 19.7. The van der Waals surface area contributed by atoms with Gasteiger partial charge in [0.1, 0.15) is 5.02 Å².